The van der Waals surface area contributed by atoms with E-state index in [1.165, 1.54) is 22.2 Å². The van der Waals surface area contributed by atoms with Crippen LogP contribution in [-0.4, -0.2) is 45.3 Å². The van der Waals surface area contributed by atoms with Crippen LogP contribution < -0.4 is 10.9 Å². The van der Waals surface area contributed by atoms with Crippen molar-refractivity contribution < 1.29 is 19.4 Å². The molecule has 24 heavy (non-hydrogen) atoms. The third-order valence-corrected chi connectivity index (χ3v) is 4.93. The summed E-state index contributed by atoms with van der Waals surface area (Å²) in [7, 11) is 0. The molecule has 1 amide bonds. The molecule has 3 heterocycles. The van der Waals surface area contributed by atoms with Crippen molar-refractivity contribution in [3.05, 3.63) is 28.1 Å². The Morgan fingerprint density at radius 3 is 2.88 bits per heavy atom. The number of hydrogen-bond acceptors (Lipinski definition) is 6. The van der Waals surface area contributed by atoms with Crippen LogP contribution in [0.2, 0.25) is 0 Å². The number of thiophene rings is 1. The Hall–Kier alpha value is -2.26. The minimum Gasteiger partial charge on any atom is -0.481 e. The van der Waals surface area contributed by atoms with Crippen LogP contribution in [-0.2, 0) is 20.9 Å². The summed E-state index contributed by atoms with van der Waals surface area (Å²) in [5.41, 5.74) is -1.11. The number of carboxylic acid groups (broad SMARTS) is 1. The van der Waals surface area contributed by atoms with Gasteiger partial charge in [0.05, 0.1) is 23.7 Å². The molecule has 0 bridgehead atoms. The van der Waals surface area contributed by atoms with Crippen molar-refractivity contribution in [2.45, 2.75) is 31.3 Å². The van der Waals surface area contributed by atoms with E-state index in [1.54, 1.807) is 11.4 Å². The van der Waals surface area contributed by atoms with Crippen LogP contribution in [0.1, 0.15) is 19.3 Å². The molecule has 0 unspecified atom stereocenters. The van der Waals surface area contributed by atoms with Gasteiger partial charge >= 0.3 is 5.97 Å². The highest BCUT2D eigenvalue weighted by molar-refractivity contribution is 7.16. The van der Waals surface area contributed by atoms with Crippen LogP contribution >= 0.6 is 11.3 Å². The van der Waals surface area contributed by atoms with Gasteiger partial charge in [0.15, 0.2) is 0 Å². The van der Waals surface area contributed by atoms with Gasteiger partial charge in [-0.2, -0.15) is 0 Å². The van der Waals surface area contributed by atoms with E-state index < -0.39 is 17.4 Å². The summed E-state index contributed by atoms with van der Waals surface area (Å²) in [6, 6.07) is 1.67. The second-order valence-corrected chi connectivity index (χ2v) is 6.72. The van der Waals surface area contributed by atoms with E-state index in [1.807, 2.05) is 0 Å². The van der Waals surface area contributed by atoms with Crippen molar-refractivity contribution >= 4 is 33.4 Å². The molecule has 0 aromatic carbocycles. The van der Waals surface area contributed by atoms with Crippen LogP contribution in [0.4, 0.5) is 0 Å². The Bertz CT molecular complexity index is 822. The van der Waals surface area contributed by atoms with Gasteiger partial charge in [0, 0.05) is 13.2 Å². The summed E-state index contributed by atoms with van der Waals surface area (Å²) in [6.07, 6.45) is 2.04. The zero-order valence-electron chi connectivity index (χ0n) is 12.9. The topological polar surface area (TPSA) is 111 Å². The molecule has 3 rings (SSSR count). The fourth-order valence-electron chi connectivity index (χ4n) is 2.89. The summed E-state index contributed by atoms with van der Waals surface area (Å²) < 4.78 is 6.49. The van der Waals surface area contributed by atoms with Gasteiger partial charge in [0.2, 0.25) is 5.91 Å². The Kier molecular flexibility index (Phi) is 4.63. The summed E-state index contributed by atoms with van der Waals surface area (Å²) in [4.78, 5) is 40.6. The van der Waals surface area contributed by atoms with Gasteiger partial charge in [-0.25, -0.2) is 4.98 Å². The Labute approximate surface area is 141 Å². The van der Waals surface area contributed by atoms with Crippen LogP contribution in [0.3, 0.4) is 0 Å². The highest BCUT2D eigenvalue weighted by Crippen LogP contribution is 2.24. The van der Waals surface area contributed by atoms with E-state index in [-0.39, 0.29) is 18.5 Å². The van der Waals surface area contributed by atoms with Gasteiger partial charge in [0.1, 0.15) is 11.4 Å². The molecule has 9 heteroatoms. The zero-order chi connectivity index (χ0) is 17.2. The fourth-order valence-corrected chi connectivity index (χ4v) is 3.62. The summed E-state index contributed by atoms with van der Waals surface area (Å²) in [5.74, 6) is -1.38. The minimum absolute atomic E-state index is 0.168. The van der Waals surface area contributed by atoms with Gasteiger partial charge in [-0.1, -0.05) is 0 Å². The van der Waals surface area contributed by atoms with Crippen LogP contribution in [0, 0.1) is 0 Å². The SMILES string of the molecule is O=C(O)CC1(NC(=O)Cn2cnc3sccc3c2=O)CCOCC1. The number of fused-ring (bicyclic) bond motifs is 1. The molecule has 2 aromatic heterocycles. The zero-order valence-corrected chi connectivity index (χ0v) is 13.7. The molecule has 0 radical (unpaired) electrons. The number of nitrogens with zero attached hydrogens (tertiary/aromatic N) is 2. The highest BCUT2D eigenvalue weighted by atomic mass is 32.1. The first-order chi connectivity index (χ1) is 11.5. The van der Waals surface area contributed by atoms with E-state index in [0.717, 1.165) is 0 Å². The fraction of sp³-hybridized carbons (Fsp3) is 0.467. The quantitative estimate of drug-likeness (QED) is 0.816. The summed E-state index contributed by atoms with van der Waals surface area (Å²) in [6.45, 7) is 0.603. The summed E-state index contributed by atoms with van der Waals surface area (Å²) in [5, 5.41) is 14.2. The van der Waals surface area contributed by atoms with Crippen LogP contribution in [0.5, 0.6) is 0 Å². The predicted octanol–water partition coefficient (Wildman–Crippen LogP) is 0.598. The average Bonchev–Trinajstić information content (AvgIpc) is 2.99. The molecule has 1 aliphatic rings. The molecule has 2 N–H and O–H groups in total. The molecule has 1 fully saturated rings. The Balaban J connectivity index is 1.76. The van der Waals surface area contributed by atoms with Crippen molar-refractivity contribution in [2.75, 3.05) is 13.2 Å². The molecule has 0 aliphatic carbocycles. The molecule has 8 nitrogen and oxygen atoms in total. The average molecular weight is 351 g/mol. The van der Waals surface area contributed by atoms with Crippen molar-refractivity contribution in [3.63, 3.8) is 0 Å². The maximum Gasteiger partial charge on any atom is 0.305 e. The second kappa shape index (κ2) is 6.70. The number of aliphatic carboxylic acids is 1. The van der Waals surface area contributed by atoms with Gasteiger partial charge in [-0.15, -0.1) is 11.3 Å². The van der Waals surface area contributed by atoms with Crippen molar-refractivity contribution in [2.24, 2.45) is 0 Å². The first-order valence-electron chi connectivity index (χ1n) is 7.52. The maximum absolute atomic E-state index is 12.4. The number of carbonyl (C=O) groups excluding carboxylic acids is 1. The van der Waals surface area contributed by atoms with Gasteiger partial charge < -0.3 is 15.2 Å². The number of amides is 1. The second-order valence-electron chi connectivity index (χ2n) is 5.83. The Morgan fingerprint density at radius 1 is 1.42 bits per heavy atom. The molecule has 0 atom stereocenters. The molecule has 0 spiro atoms. The number of carbonyl (C=O) groups is 2. The van der Waals surface area contributed by atoms with Gasteiger partial charge in [-0.3, -0.25) is 19.0 Å². The van der Waals surface area contributed by atoms with Crippen molar-refractivity contribution in [1.82, 2.24) is 14.9 Å². The normalized spacial score (nSPS) is 16.8. The molecule has 1 saturated heterocycles. The molecule has 2 aromatic rings. The highest BCUT2D eigenvalue weighted by Gasteiger charge is 2.36. The lowest BCUT2D eigenvalue weighted by molar-refractivity contribution is -0.140. The Morgan fingerprint density at radius 2 is 2.17 bits per heavy atom. The predicted molar refractivity (Wildman–Crippen MR) is 87.1 cm³/mol. The van der Waals surface area contributed by atoms with Crippen LogP contribution in [0.15, 0.2) is 22.6 Å². The van der Waals surface area contributed by atoms with E-state index in [2.05, 4.69) is 10.3 Å². The lowest BCUT2D eigenvalue weighted by Gasteiger charge is -2.36. The number of carboxylic acids is 1. The lowest BCUT2D eigenvalue weighted by Crippen LogP contribution is -2.54. The standard InChI is InChI=1S/C15H17N3O5S/c19-11(17-15(7-12(20)21)2-4-23-5-3-15)8-18-9-16-13-10(14(18)22)1-6-24-13/h1,6,9H,2-5,7-8H2,(H,17,19)(H,20,21). The number of nitrogens with one attached hydrogen (secondary N) is 1. The van der Waals surface area contributed by atoms with Crippen molar-refractivity contribution in [3.8, 4) is 0 Å². The smallest absolute Gasteiger partial charge is 0.305 e. The number of aromatic nitrogens is 2. The van der Waals surface area contributed by atoms with E-state index in [9.17, 15) is 14.4 Å². The number of hydrogen-bond donors (Lipinski definition) is 2. The maximum atomic E-state index is 12.4. The van der Waals surface area contributed by atoms with E-state index >= 15 is 0 Å². The molecular weight excluding hydrogens is 334 g/mol. The van der Waals surface area contributed by atoms with E-state index in [0.29, 0.717) is 36.3 Å². The summed E-state index contributed by atoms with van der Waals surface area (Å²) >= 11 is 1.36. The monoisotopic (exact) mass is 351 g/mol. The first-order valence-corrected chi connectivity index (χ1v) is 8.40. The molecule has 1 aliphatic heterocycles. The van der Waals surface area contributed by atoms with E-state index in [4.69, 9.17) is 9.84 Å². The number of ether oxygens (including phenoxy) is 1. The molecule has 128 valence electrons. The number of rotatable bonds is 5. The molecule has 0 saturated carbocycles. The first kappa shape index (κ1) is 16.6. The van der Waals surface area contributed by atoms with Gasteiger partial charge in [-0.05, 0) is 24.3 Å². The minimum atomic E-state index is -0.976. The third-order valence-electron chi connectivity index (χ3n) is 4.11. The van der Waals surface area contributed by atoms with Gasteiger partial charge in [0.25, 0.3) is 5.56 Å². The largest absolute Gasteiger partial charge is 0.481 e. The lowest BCUT2D eigenvalue weighted by atomic mass is 9.86. The third kappa shape index (κ3) is 3.46. The van der Waals surface area contributed by atoms with Crippen LogP contribution in [0.25, 0.3) is 10.2 Å². The molecular formula is C15H17N3O5S. The van der Waals surface area contributed by atoms with Crippen molar-refractivity contribution in [1.29, 1.82) is 0 Å².